The van der Waals surface area contributed by atoms with Gasteiger partial charge in [0, 0.05) is 12.7 Å². The Hall–Kier alpha value is -1.72. The number of hydrogen-bond acceptors (Lipinski definition) is 7. The van der Waals surface area contributed by atoms with Gasteiger partial charge in [-0.2, -0.15) is 0 Å². The van der Waals surface area contributed by atoms with E-state index < -0.39 is 47.2 Å². The molecule has 132 valence electrons. The van der Waals surface area contributed by atoms with E-state index in [1.165, 1.54) is 13.8 Å². The Morgan fingerprint density at radius 2 is 2.00 bits per heavy atom. The van der Waals surface area contributed by atoms with E-state index in [1.54, 1.807) is 0 Å². The van der Waals surface area contributed by atoms with Crippen molar-refractivity contribution in [2.75, 3.05) is 5.75 Å². The van der Waals surface area contributed by atoms with Crippen LogP contribution in [0.15, 0.2) is 9.93 Å². The number of hydrogen-bond donors (Lipinski definition) is 4. The van der Waals surface area contributed by atoms with Crippen molar-refractivity contribution in [1.29, 1.82) is 0 Å². The average Bonchev–Trinajstić information content (AvgIpc) is 2.76. The van der Waals surface area contributed by atoms with E-state index in [9.17, 15) is 29.4 Å². The molecule has 4 N–H and O–H groups in total. The number of amides is 2. The predicted molar refractivity (Wildman–Crippen MR) is 85.8 cm³/mol. The molecular formula is C13H16N2O7S2. The first-order chi connectivity index (χ1) is 11.1. The standard InChI is InChI=1S/C13H16N2O7S2/c1-4(16)7-9(18)15-8(12(21)22)13(24-10(7)15)23-3-6(11(19)20)14-5(2)17/h4,6-7,10,16H,3H2,1-2H3,(H,14,17)(H,19,20)(H,21,22)/t4?,6-,7+,10-/m1/s1. The van der Waals surface area contributed by atoms with Gasteiger partial charge in [0.25, 0.3) is 0 Å². The summed E-state index contributed by atoms with van der Waals surface area (Å²) in [7, 11) is 0. The summed E-state index contributed by atoms with van der Waals surface area (Å²) < 4.78 is 0.292. The van der Waals surface area contributed by atoms with Crippen LogP contribution in [0.3, 0.4) is 0 Å². The number of carbonyl (C=O) groups is 4. The lowest BCUT2D eigenvalue weighted by molar-refractivity contribution is -0.156. The third-order valence-corrected chi connectivity index (χ3v) is 6.28. The maximum absolute atomic E-state index is 12.0. The van der Waals surface area contributed by atoms with Gasteiger partial charge in [-0.1, -0.05) is 11.8 Å². The zero-order valence-corrected chi connectivity index (χ0v) is 14.4. The summed E-state index contributed by atoms with van der Waals surface area (Å²) >= 11 is 2.06. The Labute approximate surface area is 145 Å². The fraction of sp³-hybridized carbons (Fsp3) is 0.538. The minimum Gasteiger partial charge on any atom is -0.480 e. The lowest BCUT2D eigenvalue weighted by Gasteiger charge is -2.43. The first-order valence-electron chi connectivity index (χ1n) is 6.93. The van der Waals surface area contributed by atoms with Crippen molar-refractivity contribution in [3.8, 4) is 0 Å². The monoisotopic (exact) mass is 376 g/mol. The summed E-state index contributed by atoms with van der Waals surface area (Å²) in [4.78, 5) is 46.7. The maximum Gasteiger partial charge on any atom is 0.354 e. The molecular weight excluding hydrogens is 360 g/mol. The molecule has 0 spiro atoms. The van der Waals surface area contributed by atoms with Crippen molar-refractivity contribution in [3.63, 3.8) is 0 Å². The number of nitrogens with one attached hydrogen (secondary N) is 1. The SMILES string of the molecule is CC(=O)N[C@H](CSC1=C(C(=O)O)N2C(=O)[C@H](C(C)O)[C@H]2S1)C(=O)O. The zero-order valence-electron chi connectivity index (χ0n) is 12.8. The van der Waals surface area contributed by atoms with Crippen LogP contribution in [-0.2, 0) is 19.2 Å². The van der Waals surface area contributed by atoms with Crippen LogP contribution < -0.4 is 5.32 Å². The van der Waals surface area contributed by atoms with Crippen molar-refractivity contribution in [1.82, 2.24) is 10.2 Å². The minimum absolute atomic E-state index is 0.0812. The molecule has 2 aliphatic heterocycles. The number of aliphatic hydroxyl groups excluding tert-OH is 1. The van der Waals surface area contributed by atoms with Gasteiger partial charge in [0.2, 0.25) is 11.8 Å². The number of aliphatic hydroxyl groups is 1. The molecule has 1 fully saturated rings. The largest absolute Gasteiger partial charge is 0.480 e. The number of fused-ring (bicyclic) bond motifs is 1. The lowest BCUT2D eigenvalue weighted by Crippen LogP contribution is -2.60. The molecule has 4 atom stereocenters. The molecule has 24 heavy (non-hydrogen) atoms. The van der Waals surface area contributed by atoms with E-state index >= 15 is 0 Å². The second kappa shape index (κ2) is 7.03. The first kappa shape index (κ1) is 18.6. The third-order valence-electron chi connectivity index (χ3n) is 3.53. The normalized spacial score (nSPS) is 25.0. The summed E-state index contributed by atoms with van der Waals surface area (Å²) in [6, 6.07) is -1.17. The fourth-order valence-corrected chi connectivity index (χ4v) is 5.39. The molecule has 11 heteroatoms. The summed E-state index contributed by atoms with van der Waals surface area (Å²) in [5, 5.41) is 29.8. The van der Waals surface area contributed by atoms with Gasteiger partial charge < -0.3 is 20.6 Å². The van der Waals surface area contributed by atoms with Crippen LogP contribution >= 0.6 is 23.5 Å². The second-order valence-corrected chi connectivity index (χ2v) is 7.74. The van der Waals surface area contributed by atoms with Gasteiger partial charge in [-0.15, -0.1) is 11.8 Å². The summed E-state index contributed by atoms with van der Waals surface area (Å²) in [6.45, 7) is 2.65. The number of carboxylic acid groups (broad SMARTS) is 2. The number of aliphatic carboxylic acids is 2. The van der Waals surface area contributed by atoms with Crippen LogP contribution in [-0.4, -0.2) is 67.2 Å². The lowest BCUT2D eigenvalue weighted by atomic mass is 9.92. The molecule has 2 heterocycles. The van der Waals surface area contributed by atoms with Gasteiger partial charge in [-0.05, 0) is 6.92 Å². The van der Waals surface area contributed by atoms with Gasteiger partial charge in [0.15, 0.2) is 5.70 Å². The van der Waals surface area contributed by atoms with E-state index in [0.29, 0.717) is 4.24 Å². The van der Waals surface area contributed by atoms with Gasteiger partial charge >= 0.3 is 11.9 Å². The molecule has 0 aromatic rings. The van der Waals surface area contributed by atoms with Crippen LogP contribution in [0.25, 0.3) is 0 Å². The minimum atomic E-state index is -1.30. The van der Waals surface area contributed by atoms with Crippen LogP contribution in [0.1, 0.15) is 13.8 Å². The predicted octanol–water partition coefficient (Wildman–Crippen LogP) is -0.525. The molecule has 0 aromatic carbocycles. The highest BCUT2D eigenvalue weighted by atomic mass is 32.2. The molecule has 0 aromatic heterocycles. The molecule has 1 saturated heterocycles. The molecule has 0 aliphatic carbocycles. The third kappa shape index (κ3) is 3.37. The van der Waals surface area contributed by atoms with E-state index in [4.69, 9.17) is 5.11 Å². The quantitative estimate of drug-likeness (QED) is 0.431. The molecule has 9 nitrogen and oxygen atoms in total. The van der Waals surface area contributed by atoms with Crippen molar-refractivity contribution >= 4 is 47.3 Å². The first-order valence-corrected chi connectivity index (χ1v) is 8.79. The highest BCUT2D eigenvalue weighted by molar-refractivity contribution is 8.22. The molecule has 1 unspecified atom stereocenters. The number of thioether (sulfide) groups is 2. The Bertz CT molecular complexity index is 634. The van der Waals surface area contributed by atoms with E-state index in [1.807, 2.05) is 0 Å². The summed E-state index contributed by atoms with van der Waals surface area (Å²) in [5.41, 5.74) is -0.205. The van der Waals surface area contributed by atoms with E-state index in [2.05, 4.69) is 5.32 Å². The number of carbonyl (C=O) groups excluding carboxylic acids is 2. The molecule has 0 saturated carbocycles. The summed E-state index contributed by atoms with van der Waals surface area (Å²) in [5.74, 6) is -4.28. The van der Waals surface area contributed by atoms with Crippen LogP contribution in [0.5, 0.6) is 0 Å². The maximum atomic E-state index is 12.0. The smallest absolute Gasteiger partial charge is 0.354 e. The van der Waals surface area contributed by atoms with Crippen molar-refractivity contribution in [2.24, 2.45) is 5.92 Å². The molecule has 2 rings (SSSR count). The van der Waals surface area contributed by atoms with Gasteiger partial charge in [-0.3, -0.25) is 14.5 Å². The van der Waals surface area contributed by atoms with E-state index in [0.717, 1.165) is 28.4 Å². The average molecular weight is 376 g/mol. The van der Waals surface area contributed by atoms with Crippen molar-refractivity contribution < 1.29 is 34.5 Å². The zero-order chi connectivity index (χ0) is 18.2. The van der Waals surface area contributed by atoms with Gasteiger partial charge in [0.1, 0.15) is 11.4 Å². The van der Waals surface area contributed by atoms with Crippen LogP contribution in [0.2, 0.25) is 0 Å². The number of rotatable bonds is 7. The number of nitrogens with zero attached hydrogens (tertiary/aromatic N) is 1. The fourth-order valence-electron chi connectivity index (χ4n) is 2.43. The second-order valence-electron chi connectivity index (χ2n) is 5.33. The number of carboxylic acids is 2. The Morgan fingerprint density at radius 1 is 1.38 bits per heavy atom. The Morgan fingerprint density at radius 3 is 2.46 bits per heavy atom. The highest BCUT2D eigenvalue weighted by Gasteiger charge is 2.57. The van der Waals surface area contributed by atoms with Gasteiger partial charge in [0.05, 0.1) is 16.3 Å². The topological polar surface area (TPSA) is 144 Å². The number of β-lactam (4-membered cyclic amide) rings is 1. The molecule has 0 radical (unpaired) electrons. The molecule has 2 aliphatic rings. The summed E-state index contributed by atoms with van der Waals surface area (Å²) in [6.07, 6.45) is -0.906. The van der Waals surface area contributed by atoms with Crippen LogP contribution in [0.4, 0.5) is 0 Å². The Kier molecular flexibility index (Phi) is 5.45. The van der Waals surface area contributed by atoms with Crippen LogP contribution in [0, 0.1) is 5.92 Å². The van der Waals surface area contributed by atoms with Gasteiger partial charge in [-0.25, -0.2) is 9.59 Å². The van der Waals surface area contributed by atoms with Crippen molar-refractivity contribution in [3.05, 3.63) is 9.93 Å². The van der Waals surface area contributed by atoms with E-state index in [-0.39, 0.29) is 11.4 Å². The molecule has 0 bridgehead atoms. The molecule has 2 amide bonds. The van der Waals surface area contributed by atoms with Crippen molar-refractivity contribution in [2.45, 2.75) is 31.4 Å². The Balaban J connectivity index is 2.14. The highest BCUT2D eigenvalue weighted by Crippen LogP contribution is 2.53.